The van der Waals surface area contributed by atoms with E-state index in [0.29, 0.717) is 13.1 Å². The predicted molar refractivity (Wildman–Crippen MR) is 108 cm³/mol. The lowest BCUT2D eigenvalue weighted by molar-refractivity contribution is -0.160. The Morgan fingerprint density at radius 1 is 1.11 bits per heavy atom. The molecular formula is C22H28N2O4. The highest BCUT2D eigenvalue weighted by Gasteiger charge is 2.24. The van der Waals surface area contributed by atoms with Gasteiger partial charge in [0, 0.05) is 32.7 Å². The first-order valence-electron chi connectivity index (χ1n) is 9.92. The third kappa shape index (κ3) is 5.30. The van der Waals surface area contributed by atoms with Crippen LogP contribution in [0.3, 0.4) is 0 Å². The van der Waals surface area contributed by atoms with Crippen LogP contribution in [-0.4, -0.2) is 67.7 Å². The Morgan fingerprint density at radius 3 is 2.64 bits per heavy atom. The van der Waals surface area contributed by atoms with Gasteiger partial charge in [0.25, 0.3) is 0 Å². The van der Waals surface area contributed by atoms with Crippen LogP contribution in [0.4, 0.5) is 0 Å². The minimum Gasteiger partial charge on any atom is -0.459 e. The second-order valence-electron chi connectivity index (χ2n) is 6.89. The van der Waals surface area contributed by atoms with Crippen LogP contribution >= 0.6 is 0 Å². The van der Waals surface area contributed by atoms with E-state index in [9.17, 15) is 9.59 Å². The molecule has 0 radical (unpaired) electrons. The maximum Gasteiger partial charge on any atom is 0.397 e. The number of hydrogen-bond donors (Lipinski definition) is 0. The number of fused-ring (bicyclic) bond motifs is 1. The molecule has 1 aliphatic heterocycles. The molecular weight excluding hydrogens is 356 g/mol. The van der Waals surface area contributed by atoms with E-state index < -0.39 is 11.9 Å². The maximum atomic E-state index is 12.7. The predicted octanol–water partition coefficient (Wildman–Crippen LogP) is 2.45. The van der Waals surface area contributed by atoms with E-state index in [1.807, 2.05) is 30.3 Å². The van der Waals surface area contributed by atoms with Crippen LogP contribution in [0, 0.1) is 0 Å². The fourth-order valence-electron chi connectivity index (χ4n) is 3.52. The van der Waals surface area contributed by atoms with Crippen molar-refractivity contribution in [2.45, 2.75) is 19.9 Å². The SMILES string of the molecule is CCOC(=O)C(=O)N(CCCN1CCOCC1)Cc1cccc2ccccc12. The molecule has 1 heterocycles. The molecule has 2 aromatic rings. The smallest absolute Gasteiger partial charge is 0.397 e. The summed E-state index contributed by atoms with van der Waals surface area (Å²) in [5.74, 6) is -1.36. The molecule has 0 atom stereocenters. The second kappa shape index (κ2) is 10.2. The molecule has 1 amide bonds. The largest absolute Gasteiger partial charge is 0.459 e. The molecule has 28 heavy (non-hydrogen) atoms. The first-order chi connectivity index (χ1) is 13.7. The summed E-state index contributed by atoms with van der Waals surface area (Å²) in [6.07, 6.45) is 0.801. The number of benzene rings is 2. The molecule has 3 rings (SSSR count). The van der Waals surface area contributed by atoms with Crippen molar-refractivity contribution < 1.29 is 19.1 Å². The topological polar surface area (TPSA) is 59.1 Å². The first kappa shape index (κ1) is 20.3. The molecule has 2 aromatic carbocycles. The Balaban J connectivity index is 1.71. The zero-order valence-corrected chi connectivity index (χ0v) is 16.4. The summed E-state index contributed by atoms with van der Waals surface area (Å²) in [6, 6.07) is 14.1. The molecule has 0 N–H and O–H groups in total. The number of hydrogen-bond acceptors (Lipinski definition) is 5. The van der Waals surface area contributed by atoms with Crippen LogP contribution < -0.4 is 0 Å². The number of carbonyl (C=O) groups is 2. The minimum absolute atomic E-state index is 0.195. The fourth-order valence-corrected chi connectivity index (χ4v) is 3.52. The number of ether oxygens (including phenoxy) is 2. The monoisotopic (exact) mass is 384 g/mol. The van der Waals surface area contributed by atoms with Gasteiger partial charge in [0.1, 0.15) is 0 Å². The molecule has 6 heteroatoms. The molecule has 1 saturated heterocycles. The van der Waals surface area contributed by atoms with Crippen molar-refractivity contribution in [1.82, 2.24) is 9.80 Å². The van der Waals surface area contributed by atoms with Crippen LogP contribution in [0.2, 0.25) is 0 Å². The Hall–Kier alpha value is -2.44. The van der Waals surface area contributed by atoms with Gasteiger partial charge in [-0.05, 0) is 29.7 Å². The summed E-state index contributed by atoms with van der Waals surface area (Å²) in [5.41, 5.74) is 1.03. The number of amides is 1. The van der Waals surface area contributed by atoms with Crippen LogP contribution in [0.15, 0.2) is 42.5 Å². The van der Waals surface area contributed by atoms with Crippen molar-refractivity contribution in [1.29, 1.82) is 0 Å². The van der Waals surface area contributed by atoms with Gasteiger partial charge in [-0.25, -0.2) is 4.79 Å². The molecule has 150 valence electrons. The van der Waals surface area contributed by atoms with Crippen molar-refractivity contribution in [3.8, 4) is 0 Å². The summed E-state index contributed by atoms with van der Waals surface area (Å²) < 4.78 is 10.3. The van der Waals surface area contributed by atoms with Crippen molar-refractivity contribution in [2.75, 3.05) is 46.0 Å². The molecule has 1 fully saturated rings. The summed E-state index contributed by atoms with van der Waals surface area (Å²) in [7, 11) is 0. The van der Waals surface area contributed by atoms with Crippen LogP contribution in [0.1, 0.15) is 18.9 Å². The number of esters is 1. The van der Waals surface area contributed by atoms with Gasteiger partial charge in [-0.2, -0.15) is 0 Å². The van der Waals surface area contributed by atoms with Gasteiger partial charge < -0.3 is 14.4 Å². The Morgan fingerprint density at radius 2 is 1.86 bits per heavy atom. The highest BCUT2D eigenvalue weighted by atomic mass is 16.5. The average molecular weight is 384 g/mol. The quantitative estimate of drug-likeness (QED) is 0.542. The summed E-state index contributed by atoms with van der Waals surface area (Å²) >= 11 is 0. The van der Waals surface area contributed by atoms with Crippen molar-refractivity contribution in [2.24, 2.45) is 0 Å². The van der Waals surface area contributed by atoms with E-state index in [1.165, 1.54) is 0 Å². The maximum absolute atomic E-state index is 12.7. The second-order valence-corrected chi connectivity index (χ2v) is 6.89. The molecule has 0 unspecified atom stereocenters. The number of morpholine rings is 1. The first-order valence-corrected chi connectivity index (χ1v) is 9.92. The van der Waals surface area contributed by atoms with Gasteiger partial charge in [-0.3, -0.25) is 9.69 Å². The average Bonchev–Trinajstić information content (AvgIpc) is 2.73. The third-order valence-corrected chi connectivity index (χ3v) is 4.98. The van der Waals surface area contributed by atoms with Crippen LogP contribution in [-0.2, 0) is 25.6 Å². The van der Waals surface area contributed by atoms with Crippen molar-refractivity contribution in [3.05, 3.63) is 48.0 Å². The van der Waals surface area contributed by atoms with E-state index in [4.69, 9.17) is 9.47 Å². The van der Waals surface area contributed by atoms with Gasteiger partial charge in [0.15, 0.2) is 0 Å². The zero-order chi connectivity index (χ0) is 19.8. The highest BCUT2D eigenvalue weighted by molar-refractivity contribution is 6.32. The number of rotatable bonds is 7. The normalized spacial score (nSPS) is 14.8. The minimum atomic E-state index is -0.783. The molecule has 0 aromatic heterocycles. The van der Waals surface area contributed by atoms with Crippen molar-refractivity contribution in [3.63, 3.8) is 0 Å². The number of carbonyl (C=O) groups excluding carboxylic acids is 2. The van der Waals surface area contributed by atoms with E-state index >= 15 is 0 Å². The standard InChI is InChI=1S/C22H28N2O4/c1-2-28-22(26)21(25)24(12-6-11-23-13-15-27-16-14-23)17-19-9-5-8-18-7-3-4-10-20(18)19/h3-5,7-10H,2,6,11-17H2,1H3. The van der Waals surface area contributed by atoms with Crippen LogP contribution in [0.5, 0.6) is 0 Å². The zero-order valence-electron chi connectivity index (χ0n) is 16.4. The molecule has 0 saturated carbocycles. The van der Waals surface area contributed by atoms with Gasteiger partial charge in [-0.1, -0.05) is 42.5 Å². The lowest BCUT2D eigenvalue weighted by atomic mass is 10.0. The molecule has 0 spiro atoms. The van der Waals surface area contributed by atoms with E-state index in [-0.39, 0.29) is 6.61 Å². The third-order valence-electron chi connectivity index (χ3n) is 4.98. The Kier molecular flexibility index (Phi) is 7.39. The molecule has 0 bridgehead atoms. The number of nitrogens with zero attached hydrogens (tertiary/aromatic N) is 2. The van der Waals surface area contributed by atoms with Gasteiger partial charge >= 0.3 is 11.9 Å². The Bertz CT molecular complexity index is 797. The van der Waals surface area contributed by atoms with Crippen molar-refractivity contribution >= 4 is 22.6 Å². The molecule has 0 aliphatic carbocycles. The lowest BCUT2D eigenvalue weighted by Crippen LogP contribution is -2.41. The van der Waals surface area contributed by atoms with E-state index in [2.05, 4.69) is 17.0 Å². The van der Waals surface area contributed by atoms with Gasteiger partial charge in [0.2, 0.25) is 0 Å². The summed E-state index contributed by atoms with van der Waals surface area (Å²) in [5, 5.41) is 2.22. The van der Waals surface area contributed by atoms with Crippen LogP contribution in [0.25, 0.3) is 10.8 Å². The van der Waals surface area contributed by atoms with E-state index in [0.717, 1.165) is 55.6 Å². The fraction of sp³-hybridized carbons (Fsp3) is 0.455. The highest BCUT2D eigenvalue weighted by Crippen LogP contribution is 2.20. The van der Waals surface area contributed by atoms with E-state index in [1.54, 1.807) is 11.8 Å². The van der Waals surface area contributed by atoms with Gasteiger partial charge in [0.05, 0.1) is 19.8 Å². The molecule has 6 nitrogen and oxygen atoms in total. The Labute approximate surface area is 166 Å². The lowest BCUT2D eigenvalue weighted by Gasteiger charge is -2.28. The summed E-state index contributed by atoms with van der Waals surface area (Å²) in [6.45, 7) is 7.01. The van der Waals surface area contributed by atoms with Gasteiger partial charge in [-0.15, -0.1) is 0 Å². The summed E-state index contributed by atoms with van der Waals surface area (Å²) in [4.78, 5) is 28.7. The molecule has 1 aliphatic rings.